The van der Waals surface area contributed by atoms with Gasteiger partial charge in [-0.2, -0.15) is 0 Å². The van der Waals surface area contributed by atoms with Gasteiger partial charge in [-0.3, -0.25) is 4.79 Å². The number of hydrogen-bond acceptors (Lipinski definition) is 1. The molecule has 0 radical (unpaired) electrons. The van der Waals surface area contributed by atoms with Gasteiger partial charge in [-0.25, -0.2) is 8.78 Å². The minimum atomic E-state index is -0.891. The van der Waals surface area contributed by atoms with Gasteiger partial charge < -0.3 is 4.57 Å². The summed E-state index contributed by atoms with van der Waals surface area (Å²) in [6.45, 7) is 0.321. The third kappa shape index (κ3) is 2.54. The molecule has 3 aromatic rings. The zero-order valence-electron chi connectivity index (χ0n) is 10.8. The highest BCUT2D eigenvalue weighted by Crippen LogP contribution is 2.25. The van der Waals surface area contributed by atoms with E-state index in [2.05, 4.69) is 0 Å². The molecule has 0 saturated carbocycles. The average molecular weight is 306 g/mol. The third-order valence-electron chi connectivity index (χ3n) is 3.34. The summed E-state index contributed by atoms with van der Waals surface area (Å²) in [6, 6.07) is 8.96. The topological polar surface area (TPSA) is 22.0 Å². The van der Waals surface area contributed by atoms with E-state index in [1.807, 2.05) is 0 Å². The highest BCUT2D eigenvalue weighted by atomic mass is 35.5. The Kier molecular flexibility index (Phi) is 3.47. The third-order valence-corrected chi connectivity index (χ3v) is 3.57. The smallest absolute Gasteiger partial charge is 0.159 e. The maximum Gasteiger partial charge on any atom is 0.159 e. The van der Waals surface area contributed by atoms with Crippen molar-refractivity contribution in [1.82, 2.24) is 4.57 Å². The number of carbonyl (C=O) groups is 1. The second-order valence-electron chi connectivity index (χ2n) is 4.74. The molecule has 0 aliphatic carbocycles. The van der Waals surface area contributed by atoms with Gasteiger partial charge in [0, 0.05) is 28.7 Å². The first-order valence-electron chi connectivity index (χ1n) is 6.26. The number of aldehydes is 1. The number of benzene rings is 2. The maximum atomic E-state index is 13.3. The van der Waals surface area contributed by atoms with Gasteiger partial charge in [0.05, 0.1) is 5.52 Å². The van der Waals surface area contributed by atoms with Crippen LogP contribution in [0.15, 0.2) is 42.6 Å². The number of hydrogen-bond donors (Lipinski definition) is 0. The standard InChI is InChI=1S/C16H10ClF2NO/c17-12-2-3-13-11(9-21)8-20(16(13)6-12)7-10-1-4-14(18)15(19)5-10/h1-6,8-9H,7H2. The van der Waals surface area contributed by atoms with E-state index in [1.165, 1.54) is 6.07 Å². The number of carbonyl (C=O) groups excluding carboxylic acids is 1. The first-order valence-corrected chi connectivity index (χ1v) is 6.64. The van der Waals surface area contributed by atoms with Crippen LogP contribution in [0.5, 0.6) is 0 Å². The van der Waals surface area contributed by atoms with Crippen LogP contribution in [0.4, 0.5) is 8.78 Å². The van der Waals surface area contributed by atoms with Gasteiger partial charge in [-0.15, -0.1) is 0 Å². The molecule has 0 unspecified atom stereocenters. The zero-order chi connectivity index (χ0) is 15.0. The summed E-state index contributed by atoms with van der Waals surface area (Å²) in [5.74, 6) is -1.77. The Balaban J connectivity index is 2.09. The molecule has 0 saturated heterocycles. The largest absolute Gasteiger partial charge is 0.342 e. The van der Waals surface area contributed by atoms with Crippen molar-refractivity contribution >= 4 is 28.8 Å². The number of aromatic nitrogens is 1. The fraction of sp³-hybridized carbons (Fsp3) is 0.0625. The van der Waals surface area contributed by atoms with E-state index >= 15 is 0 Å². The number of rotatable bonds is 3. The quantitative estimate of drug-likeness (QED) is 0.656. The van der Waals surface area contributed by atoms with Crippen LogP contribution < -0.4 is 0 Å². The monoisotopic (exact) mass is 305 g/mol. The molecule has 0 amide bonds. The molecule has 0 aliphatic heterocycles. The van der Waals surface area contributed by atoms with Crippen molar-refractivity contribution in [3.63, 3.8) is 0 Å². The van der Waals surface area contributed by atoms with Crippen LogP contribution in [0.25, 0.3) is 10.9 Å². The Morgan fingerprint density at radius 3 is 2.62 bits per heavy atom. The molecule has 0 spiro atoms. The molecule has 2 nitrogen and oxygen atoms in total. The molecule has 5 heteroatoms. The van der Waals surface area contributed by atoms with Crippen molar-refractivity contribution in [3.05, 3.63) is 70.4 Å². The van der Waals surface area contributed by atoms with E-state index in [0.717, 1.165) is 29.3 Å². The van der Waals surface area contributed by atoms with Crippen molar-refractivity contribution in [2.75, 3.05) is 0 Å². The zero-order valence-corrected chi connectivity index (χ0v) is 11.6. The molecular formula is C16H10ClF2NO. The molecular weight excluding hydrogens is 296 g/mol. The van der Waals surface area contributed by atoms with Crippen LogP contribution in [-0.4, -0.2) is 10.9 Å². The lowest BCUT2D eigenvalue weighted by Gasteiger charge is -2.06. The van der Waals surface area contributed by atoms with E-state index < -0.39 is 11.6 Å². The van der Waals surface area contributed by atoms with Crippen molar-refractivity contribution in [1.29, 1.82) is 0 Å². The van der Waals surface area contributed by atoms with Crippen molar-refractivity contribution in [2.45, 2.75) is 6.54 Å². The van der Waals surface area contributed by atoms with Gasteiger partial charge in [-0.05, 0) is 29.8 Å². The highest BCUT2D eigenvalue weighted by Gasteiger charge is 2.10. The number of nitrogens with zero attached hydrogens (tertiary/aromatic N) is 1. The molecule has 0 aliphatic rings. The van der Waals surface area contributed by atoms with Crippen molar-refractivity contribution < 1.29 is 13.6 Å². The highest BCUT2D eigenvalue weighted by molar-refractivity contribution is 6.31. The Hall–Kier alpha value is -2.20. The summed E-state index contributed by atoms with van der Waals surface area (Å²) in [5.41, 5.74) is 1.90. The van der Waals surface area contributed by atoms with Crippen LogP contribution in [0.3, 0.4) is 0 Å². The summed E-state index contributed by atoms with van der Waals surface area (Å²) in [5, 5.41) is 1.32. The van der Waals surface area contributed by atoms with Gasteiger partial charge in [0.2, 0.25) is 0 Å². The molecule has 1 aromatic heterocycles. The van der Waals surface area contributed by atoms with Crippen LogP contribution in [0.1, 0.15) is 15.9 Å². The Bertz CT molecular complexity index is 842. The van der Waals surface area contributed by atoms with Crippen molar-refractivity contribution in [2.24, 2.45) is 0 Å². The van der Waals surface area contributed by atoms with Crippen molar-refractivity contribution in [3.8, 4) is 0 Å². The maximum absolute atomic E-state index is 13.3. The molecule has 1 heterocycles. The SMILES string of the molecule is O=Cc1cn(Cc2ccc(F)c(F)c2)c2cc(Cl)ccc12. The lowest BCUT2D eigenvalue weighted by molar-refractivity contribution is 0.112. The van der Waals surface area contributed by atoms with Gasteiger partial charge in [0.25, 0.3) is 0 Å². The Labute approximate surface area is 124 Å². The Morgan fingerprint density at radius 1 is 1.10 bits per heavy atom. The average Bonchev–Trinajstić information content (AvgIpc) is 2.80. The molecule has 106 valence electrons. The predicted octanol–water partition coefficient (Wildman–Crippen LogP) is 4.43. The second-order valence-corrected chi connectivity index (χ2v) is 5.18. The number of fused-ring (bicyclic) bond motifs is 1. The van der Waals surface area contributed by atoms with Gasteiger partial charge in [0.1, 0.15) is 0 Å². The first kappa shape index (κ1) is 13.8. The van der Waals surface area contributed by atoms with E-state index in [9.17, 15) is 13.6 Å². The minimum absolute atomic E-state index is 0.321. The van der Waals surface area contributed by atoms with Crippen LogP contribution in [0.2, 0.25) is 5.02 Å². The Morgan fingerprint density at radius 2 is 1.90 bits per heavy atom. The summed E-state index contributed by atoms with van der Waals surface area (Å²) < 4.78 is 28.0. The molecule has 0 atom stereocenters. The summed E-state index contributed by atoms with van der Waals surface area (Å²) in [6.07, 6.45) is 2.44. The summed E-state index contributed by atoms with van der Waals surface area (Å²) in [4.78, 5) is 11.1. The summed E-state index contributed by atoms with van der Waals surface area (Å²) in [7, 11) is 0. The summed E-state index contributed by atoms with van der Waals surface area (Å²) >= 11 is 5.98. The minimum Gasteiger partial charge on any atom is -0.342 e. The second kappa shape index (κ2) is 5.30. The molecule has 21 heavy (non-hydrogen) atoms. The fourth-order valence-corrected chi connectivity index (χ4v) is 2.52. The van der Waals surface area contributed by atoms with Gasteiger partial charge in [-0.1, -0.05) is 23.7 Å². The van der Waals surface area contributed by atoms with E-state index in [0.29, 0.717) is 22.7 Å². The van der Waals surface area contributed by atoms with Crippen LogP contribution >= 0.6 is 11.6 Å². The molecule has 3 rings (SSSR count). The normalized spacial score (nSPS) is 11.0. The molecule has 2 aromatic carbocycles. The molecule has 0 bridgehead atoms. The molecule has 0 N–H and O–H groups in total. The predicted molar refractivity (Wildman–Crippen MR) is 77.8 cm³/mol. The lowest BCUT2D eigenvalue weighted by atomic mass is 10.2. The van der Waals surface area contributed by atoms with Gasteiger partial charge in [0.15, 0.2) is 17.9 Å². The van der Waals surface area contributed by atoms with E-state index in [1.54, 1.807) is 29.0 Å². The number of halogens is 3. The first-order chi connectivity index (χ1) is 10.1. The fourth-order valence-electron chi connectivity index (χ4n) is 2.35. The van der Waals surface area contributed by atoms with Crippen LogP contribution in [0, 0.1) is 11.6 Å². The van der Waals surface area contributed by atoms with Gasteiger partial charge >= 0.3 is 0 Å². The van der Waals surface area contributed by atoms with Crippen LogP contribution in [-0.2, 0) is 6.54 Å². The van der Waals surface area contributed by atoms with E-state index in [-0.39, 0.29) is 0 Å². The molecule has 0 fully saturated rings. The van der Waals surface area contributed by atoms with E-state index in [4.69, 9.17) is 11.6 Å². The lowest BCUT2D eigenvalue weighted by Crippen LogP contribution is -1.99.